The van der Waals surface area contributed by atoms with Crippen LogP contribution in [-0.2, 0) is 0 Å². The Morgan fingerprint density at radius 1 is 0.750 bits per heavy atom. The number of nitriles is 2. The zero-order valence-electron chi connectivity index (χ0n) is 10.4. The molecule has 0 aliphatic rings. The topological polar surface area (TPSA) is 47.6 Å². The molecule has 0 aromatic rings. The Kier molecular flexibility index (Phi) is 11.2. The molecule has 94 valence electrons. The van der Waals surface area contributed by atoms with E-state index < -0.39 is 0 Å². The van der Waals surface area contributed by atoms with E-state index in [1.807, 2.05) is 28.2 Å². The summed E-state index contributed by atoms with van der Waals surface area (Å²) in [4.78, 5) is 0. The highest BCUT2D eigenvalue weighted by molar-refractivity contribution is 4.68. The lowest BCUT2D eigenvalue weighted by atomic mass is 10.3. The van der Waals surface area contributed by atoms with Crippen LogP contribution in [0, 0.1) is 22.7 Å². The molecule has 0 atom stereocenters. The molecule has 0 radical (unpaired) electrons. The second-order valence-corrected chi connectivity index (χ2v) is 4.95. The van der Waals surface area contributed by atoms with Gasteiger partial charge in [0, 0.05) is 0 Å². The predicted octanol–water partition coefficient (Wildman–Crippen LogP) is -5.81. The molecule has 0 aromatic heterocycles. The molecule has 0 unspecified atom stereocenters. The van der Waals surface area contributed by atoms with Crippen molar-refractivity contribution in [3.63, 3.8) is 0 Å². The summed E-state index contributed by atoms with van der Waals surface area (Å²) in [7, 11) is 8.15. The Morgan fingerprint density at radius 3 is 1.19 bits per heavy atom. The van der Waals surface area contributed by atoms with Crippen LogP contribution < -0.4 is 24.8 Å². The molecular formula is C10H20Cl2N4. The van der Waals surface area contributed by atoms with Crippen LogP contribution in [0.15, 0.2) is 0 Å². The van der Waals surface area contributed by atoms with Gasteiger partial charge in [-0.2, -0.15) is 10.5 Å². The van der Waals surface area contributed by atoms with E-state index in [4.69, 9.17) is 10.5 Å². The van der Waals surface area contributed by atoms with Crippen LogP contribution in [0.5, 0.6) is 0 Å². The first kappa shape index (κ1) is 20.8. The minimum absolute atomic E-state index is 0. The average Bonchev–Trinajstić information content (AvgIpc) is 2.01. The van der Waals surface area contributed by atoms with Gasteiger partial charge in [-0.1, -0.05) is 0 Å². The minimum atomic E-state index is 0. The maximum Gasteiger partial charge on any atom is 0.166 e. The second-order valence-electron chi connectivity index (χ2n) is 4.95. The van der Waals surface area contributed by atoms with Crippen LogP contribution in [0.1, 0.15) is 0 Å². The van der Waals surface area contributed by atoms with Crippen LogP contribution >= 0.6 is 0 Å². The highest BCUT2D eigenvalue weighted by Gasteiger charge is 2.21. The molecule has 0 saturated carbocycles. The van der Waals surface area contributed by atoms with E-state index in [9.17, 15) is 0 Å². The fraction of sp³-hybridized carbons (Fsp3) is 0.800. The van der Waals surface area contributed by atoms with Gasteiger partial charge in [0.1, 0.15) is 25.2 Å². The zero-order chi connectivity index (χ0) is 11.2. The summed E-state index contributed by atoms with van der Waals surface area (Å²) in [6.07, 6.45) is 0. The number of hydrogen-bond donors (Lipinski definition) is 0. The molecule has 0 aliphatic carbocycles. The largest absolute Gasteiger partial charge is 1.00 e. The highest BCUT2D eigenvalue weighted by atomic mass is 35.5. The van der Waals surface area contributed by atoms with Gasteiger partial charge in [-0.25, -0.2) is 0 Å². The van der Waals surface area contributed by atoms with Gasteiger partial charge < -0.3 is 33.8 Å². The van der Waals surface area contributed by atoms with Crippen molar-refractivity contribution in [1.82, 2.24) is 0 Å². The SMILES string of the molecule is C[N+](C)(CC#N)CC[N+](C)(C)CC#N.[Cl-].[Cl-]. The molecule has 0 amide bonds. The van der Waals surface area contributed by atoms with E-state index >= 15 is 0 Å². The first-order valence-corrected chi connectivity index (χ1v) is 4.71. The molecule has 0 rings (SSSR count). The molecule has 4 nitrogen and oxygen atoms in total. The first-order valence-electron chi connectivity index (χ1n) is 4.71. The predicted molar refractivity (Wildman–Crippen MR) is 54.9 cm³/mol. The van der Waals surface area contributed by atoms with E-state index in [1.165, 1.54) is 0 Å². The van der Waals surface area contributed by atoms with Crippen molar-refractivity contribution in [1.29, 1.82) is 10.5 Å². The van der Waals surface area contributed by atoms with E-state index in [0.29, 0.717) is 22.1 Å². The molecule has 0 fully saturated rings. The van der Waals surface area contributed by atoms with Gasteiger partial charge in [-0.15, -0.1) is 0 Å². The van der Waals surface area contributed by atoms with Gasteiger partial charge >= 0.3 is 0 Å². The molecule has 0 spiro atoms. The quantitative estimate of drug-likeness (QED) is 0.368. The summed E-state index contributed by atoms with van der Waals surface area (Å²) in [6.45, 7) is 2.88. The highest BCUT2D eigenvalue weighted by Crippen LogP contribution is 2.01. The molecule has 0 aromatic carbocycles. The third-order valence-electron chi connectivity index (χ3n) is 2.31. The lowest BCUT2D eigenvalue weighted by Gasteiger charge is -2.32. The van der Waals surface area contributed by atoms with Crippen LogP contribution in [0.4, 0.5) is 0 Å². The van der Waals surface area contributed by atoms with Crippen LogP contribution in [-0.4, -0.2) is 63.3 Å². The minimum Gasteiger partial charge on any atom is -1.00 e. The lowest BCUT2D eigenvalue weighted by Crippen LogP contribution is -3.00. The Labute approximate surface area is 111 Å². The van der Waals surface area contributed by atoms with Crippen molar-refractivity contribution in [2.24, 2.45) is 0 Å². The van der Waals surface area contributed by atoms with Crippen molar-refractivity contribution in [2.45, 2.75) is 0 Å². The number of quaternary nitrogens is 2. The van der Waals surface area contributed by atoms with Crippen molar-refractivity contribution in [3.05, 3.63) is 0 Å². The lowest BCUT2D eigenvalue weighted by molar-refractivity contribution is -0.939. The zero-order valence-corrected chi connectivity index (χ0v) is 11.9. The standard InChI is InChI=1S/C10H20N4.2ClH/c1-13(2,7-5-11)9-10-14(3,4)8-6-12;;/h7-10H2,1-4H3;2*1H/q+2;;/p-2. The van der Waals surface area contributed by atoms with Crippen molar-refractivity contribution in [2.75, 3.05) is 54.4 Å². The summed E-state index contributed by atoms with van der Waals surface area (Å²) in [5, 5.41) is 17.2. The Morgan fingerprint density at radius 2 is 1.00 bits per heavy atom. The van der Waals surface area contributed by atoms with Crippen molar-refractivity contribution >= 4 is 0 Å². The van der Waals surface area contributed by atoms with Crippen molar-refractivity contribution < 1.29 is 33.8 Å². The van der Waals surface area contributed by atoms with E-state index in [0.717, 1.165) is 13.1 Å². The number of hydrogen-bond acceptors (Lipinski definition) is 2. The smallest absolute Gasteiger partial charge is 0.166 e. The molecule has 0 heterocycles. The van der Waals surface area contributed by atoms with Gasteiger partial charge in [-0.3, -0.25) is 0 Å². The maximum absolute atomic E-state index is 8.61. The third kappa shape index (κ3) is 10.0. The van der Waals surface area contributed by atoms with Gasteiger partial charge in [0.15, 0.2) is 13.1 Å². The normalized spacial score (nSPS) is 10.4. The summed E-state index contributed by atoms with van der Waals surface area (Å²) >= 11 is 0. The Balaban J connectivity index is -0.000000845. The second kappa shape index (κ2) is 8.61. The fourth-order valence-corrected chi connectivity index (χ4v) is 1.08. The van der Waals surface area contributed by atoms with Crippen LogP contribution in [0.3, 0.4) is 0 Å². The van der Waals surface area contributed by atoms with Crippen LogP contribution in [0.25, 0.3) is 0 Å². The summed E-state index contributed by atoms with van der Waals surface area (Å²) in [6, 6.07) is 4.35. The van der Waals surface area contributed by atoms with Gasteiger partial charge in [0.05, 0.1) is 28.2 Å². The third-order valence-corrected chi connectivity index (χ3v) is 2.31. The van der Waals surface area contributed by atoms with Crippen LogP contribution in [0.2, 0.25) is 0 Å². The van der Waals surface area contributed by atoms with Gasteiger partial charge in [0.2, 0.25) is 0 Å². The van der Waals surface area contributed by atoms with Gasteiger partial charge in [0.25, 0.3) is 0 Å². The summed E-state index contributed by atoms with van der Waals surface area (Å²) in [5.41, 5.74) is 0. The molecule has 6 heteroatoms. The van der Waals surface area contributed by atoms with E-state index in [-0.39, 0.29) is 24.8 Å². The Hall–Kier alpha value is -0.520. The molecule has 16 heavy (non-hydrogen) atoms. The maximum atomic E-state index is 8.61. The van der Waals surface area contributed by atoms with E-state index in [1.54, 1.807) is 0 Å². The monoisotopic (exact) mass is 266 g/mol. The number of rotatable bonds is 5. The van der Waals surface area contributed by atoms with Crippen molar-refractivity contribution in [3.8, 4) is 12.1 Å². The number of nitrogens with zero attached hydrogens (tertiary/aromatic N) is 4. The van der Waals surface area contributed by atoms with Gasteiger partial charge in [-0.05, 0) is 0 Å². The molecular weight excluding hydrogens is 247 g/mol. The fourth-order valence-electron chi connectivity index (χ4n) is 1.08. The summed E-state index contributed by atoms with van der Waals surface area (Å²) < 4.78 is 1.40. The molecule has 0 aliphatic heterocycles. The Bertz CT molecular complexity index is 235. The summed E-state index contributed by atoms with van der Waals surface area (Å²) in [5.74, 6) is 0. The number of likely N-dealkylation sites (N-methyl/N-ethyl adjacent to an activating group) is 2. The molecule has 0 saturated heterocycles. The molecule has 0 bridgehead atoms. The number of halogens is 2. The molecule has 0 N–H and O–H groups in total. The first-order chi connectivity index (χ1) is 6.33. The average molecular weight is 267 g/mol. The van der Waals surface area contributed by atoms with E-state index in [2.05, 4.69) is 12.1 Å².